The van der Waals surface area contributed by atoms with E-state index in [0.717, 1.165) is 22.0 Å². The Balaban J connectivity index is 1.74. The number of carbonyl (C=O) groups is 3. The van der Waals surface area contributed by atoms with E-state index in [1.165, 1.54) is 30.3 Å². The monoisotopic (exact) mass is 513 g/mol. The number of nitrogens with zero attached hydrogens (tertiary/aromatic N) is 2. The van der Waals surface area contributed by atoms with E-state index >= 15 is 0 Å². The second kappa shape index (κ2) is 9.06. The number of carboxylic acids is 1. The van der Waals surface area contributed by atoms with Crippen LogP contribution in [0.4, 0.5) is 5.69 Å². The molecule has 7 nitrogen and oxygen atoms in total. The Kier molecular flexibility index (Phi) is 6.31. The summed E-state index contributed by atoms with van der Waals surface area (Å²) in [5, 5.41) is 12.4. The Morgan fingerprint density at radius 1 is 1.00 bits per heavy atom. The summed E-state index contributed by atoms with van der Waals surface area (Å²) in [6.07, 6.45) is 1.51. The normalized spacial score (nSPS) is 15.1. The van der Waals surface area contributed by atoms with Gasteiger partial charge in [-0.25, -0.2) is 4.79 Å². The number of carbonyl (C=O) groups excluding carboxylic acids is 2. The van der Waals surface area contributed by atoms with Crippen LogP contribution in [0.5, 0.6) is 0 Å². The van der Waals surface area contributed by atoms with Crippen molar-refractivity contribution in [3.63, 3.8) is 0 Å². The number of aromatic nitrogens is 1. The number of aryl methyl sites for hydroxylation is 1. The molecule has 0 radical (unpaired) electrons. The van der Waals surface area contributed by atoms with E-state index < -0.39 is 17.8 Å². The summed E-state index contributed by atoms with van der Waals surface area (Å²) < 4.78 is 1.94. The van der Waals surface area contributed by atoms with Gasteiger partial charge in [-0.15, -0.1) is 0 Å². The van der Waals surface area contributed by atoms with E-state index in [2.05, 4.69) is 5.32 Å². The van der Waals surface area contributed by atoms with Gasteiger partial charge in [0, 0.05) is 17.1 Å². The number of rotatable bonds is 4. The summed E-state index contributed by atoms with van der Waals surface area (Å²) in [5.41, 5.74) is 3.40. The lowest BCUT2D eigenvalue weighted by molar-refractivity contribution is -0.122. The highest BCUT2D eigenvalue weighted by Gasteiger charge is 2.34. The average molecular weight is 514 g/mol. The third kappa shape index (κ3) is 4.23. The lowest BCUT2D eigenvalue weighted by Gasteiger charge is -2.29. The highest BCUT2D eigenvalue weighted by atomic mass is 35.5. The van der Waals surface area contributed by atoms with E-state index in [-0.39, 0.29) is 16.2 Å². The molecule has 34 heavy (non-hydrogen) atoms. The molecule has 2 heterocycles. The summed E-state index contributed by atoms with van der Waals surface area (Å²) >= 11 is 17.4. The quantitative estimate of drug-likeness (QED) is 0.293. The van der Waals surface area contributed by atoms with Crippen LogP contribution in [0.25, 0.3) is 11.8 Å². The van der Waals surface area contributed by atoms with E-state index in [4.69, 9.17) is 40.5 Å². The number of anilines is 1. The molecule has 172 valence electrons. The van der Waals surface area contributed by atoms with Gasteiger partial charge >= 0.3 is 5.97 Å². The number of thiocarbonyl (C=S) groups is 1. The van der Waals surface area contributed by atoms with Gasteiger partial charge in [0.1, 0.15) is 5.57 Å². The Morgan fingerprint density at radius 3 is 2.26 bits per heavy atom. The van der Waals surface area contributed by atoms with Gasteiger partial charge in [0.05, 0.1) is 21.3 Å². The predicted octanol–water partition coefficient (Wildman–Crippen LogP) is 4.93. The maximum atomic E-state index is 13.3. The van der Waals surface area contributed by atoms with Gasteiger partial charge in [0.25, 0.3) is 11.8 Å². The van der Waals surface area contributed by atoms with Crippen LogP contribution in [0.3, 0.4) is 0 Å². The van der Waals surface area contributed by atoms with Gasteiger partial charge in [0.15, 0.2) is 5.11 Å². The van der Waals surface area contributed by atoms with Gasteiger partial charge in [-0.2, -0.15) is 0 Å². The number of aromatic carboxylic acids is 1. The van der Waals surface area contributed by atoms with Crippen molar-refractivity contribution in [2.24, 2.45) is 0 Å². The number of hydrogen-bond donors (Lipinski definition) is 2. The van der Waals surface area contributed by atoms with E-state index in [1.807, 2.05) is 30.5 Å². The van der Waals surface area contributed by atoms with Crippen LogP contribution in [0.15, 0.2) is 54.1 Å². The van der Waals surface area contributed by atoms with Crippen LogP contribution in [-0.4, -0.2) is 32.6 Å². The number of hydrogen-bond acceptors (Lipinski definition) is 4. The largest absolute Gasteiger partial charge is 0.478 e. The molecule has 0 bridgehead atoms. The van der Waals surface area contributed by atoms with Crippen LogP contribution in [0.2, 0.25) is 10.0 Å². The minimum absolute atomic E-state index is 0.0636. The molecule has 1 aromatic heterocycles. The molecular weight excluding hydrogens is 497 g/mol. The fourth-order valence-corrected chi connectivity index (χ4v) is 4.33. The molecular formula is C24H17Cl2N3O4S. The SMILES string of the molecule is Cc1cc(/C=C2/C(=O)NC(=S)N(c3ccc(C(=O)O)cc3)C2=O)c(C)n1-c1ccc(Cl)c(Cl)c1. The summed E-state index contributed by atoms with van der Waals surface area (Å²) in [4.78, 5) is 38.2. The number of carboxylic acid groups (broad SMARTS) is 1. The molecule has 0 unspecified atom stereocenters. The first-order valence-corrected chi connectivity index (χ1v) is 11.1. The average Bonchev–Trinajstić information content (AvgIpc) is 3.06. The smallest absolute Gasteiger partial charge is 0.335 e. The first-order chi connectivity index (χ1) is 16.1. The molecule has 0 spiro atoms. The molecule has 1 aliphatic rings. The standard InChI is InChI=1S/C24H17Cl2N3O4S/c1-12-9-15(13(2)28(12)17-7-8-19(25)20(26)11-17)10-18-21(30)27-24(34)29(22(18)31)16-5-3-14(4-6-16)23(32)33/h3-11H,1-2H3,(H,32,33)(H,27,30,34)/b18-10-. The van der Waals surface area contributed by atoms with Crippen LogP contribution >= 0.6 is 35.4 Å². The van der Waals surface area contributed by atoms with Gasteiger partial charge in [-0.3, -0.25) is 19.8 Å². The Labute approximate surface area is 210 Å². The molecule has 4 rings (SSSR count). The number of halogens is 2. The second-order valence-corrected chi connectivity index (χ2v) is 8.77. The molecule has 3 aromatic rings. The van der Waals surface area contributed by atoms with Crippen molar-refractivity contribution in [2.45, 2.75) is 13.8 Å². The Hall–Kier alpha value is -3.46. The summed E-state index contributed by atoms with van der Waals surface area (Å²) in [6, 6.07) is 12.7. The zero-order valence-corrected chi connectivity index (χ0v) is 20.3. The van der Waals surface area contributed by atoms with Gasteiger partial charge in [-0.1, -0.05) is 23.2 Å². The van der Waals surface area contributed by atoms with Crippen molar-refractivity contribution in [1.29, 1.82) is 0 Å². The highest BCUT2D eigenvalue weighted by molar-refractivity contribution is 7.80. The Morgan fingerprint density at radius 2 is 1.65 bits per heavy atom. The number of amides is 2. The highest BCUT2D eigenvalue weighted by Crippen LogP contribution is 2.29. The maximum absolute atomic E-state index is 13.3. The fourth-order valence-electron chi connectivity index (χ4n) is 3.76. The van der Waals surface area contributed by atoms with Crippen molar-refractivity contribution < 1.29 is 19.5 Å². The predicted molar refractivity (Wildman–Crippen MR) is 135 cm³/mol. The minimum atomic E-state index is -1.09. The molecule has 2 amide bonds. The first-order valence-electron chi connectivity index (χ1n) is 9.97. The molecule has 1 fully saturated rings. The van der Waals surface area contributed by atoms with Crippen LogP contribution in [0, 0.1) is 13.8 Å². The molecule has 2 N–H and O–H groups in total. The van der Waals surface area contributed by atoms with Crippen molar-refractivity contribution in [3.05, 3.63) is 86.7 Å². The summed E-state index contributed by atoms with van der Waals surface area (Å²) in [5.74, 6) is -2.32. The molecule has 0 saturated carbocycles. The van der Waals surface area contributed by atoms with Gasteiger partial charge in [0.2, 0.25) is 0 Å². The van der Waals surface area contributed by atoms with E-state index in [0.29, 0.717) is 21.3 Å². The van der Waals surface area contributed by atoms with Crippen LogP contribution in [0.1, 0.15) is 27.3 Å². The van der Waals surface area contributed by atoms with E-state index in [9.17, 15) is 14.4 Å². The maximum Gasteiger partial charge on any atom is 0.335 e. The number of nitrogens with one attached hydrogen (secondary N) is 1. The zero-order chi connectivity index (χ0) is 24.7. The van der Waals surface area contributed by atoms with Crippen molar-refractivity contribution >= 4 is 70.1 Å². The van der Waals surface area contributed by atoms with Crippen molar-refractivity contribution in [2.75, 3.05) is 4.90 Å². The van der Waals surface area contributed by atoms with E-state index in [1.54, 1.807) is 12.1 Å². The topological polar surface area (TPSA) is 91.6 Å². The lowest BCUT2D eigenvalue weighted by atomic mass is 10.1. The molecule has 10 heteroatoms. The number of benzene rings is 2. The molecule has 0 atom stereocenters. The summed E-state index contributed by atoms with van der Waals surface area (Å²) in [6.45, 7) is 3.76. The van der Waals surface area contributed by atoms with Gasteiger partial charge in [-0.05, 0) is 86.2 Å². The first kappa shape index (κ1) is 23.7. The third-order valence-corrected chi connectivity index (χ3v) is 6.43. The minimum Gasteiger partial charge on any atom is -0.478 e. The second-order valence-electron chi connectivity index (χ2n) is 7.57. The zero-order valence-electron chi connectivity index (χ0n) is 17.9. The van der Waals surface area contributed by atoms with Crippen molar-refractivity contribution in [1.82, 2.24) is 9.88 Å². The Bertz CT molecular complexity index is 1410. The molecule has 1 saturated heterocycles. The van der Waals surface area contributed by atoms with Crippen molar-refractivity contribution in [3.8, 4) is 5.69 Å². The van der Waals surface area contributed by atoms with Crippen LogP contribution < -0.4 is 10.2 Å². The van der Waals surface area contributed by atoms with Crippen LogP contribution in [-0.2, 0) is 9.59 Å². The lowest BCUT2D eigenvalue weighted by Crippen LogP contribution is -2.54. The third-order valence-electron chi connectivity index (χ3n) is 5.41. The molecule has 2 aromatic carbocycles. The summed E-state index contributed by atoms with van der Waals surface area (Å²) in [7, 11) is 0. The fraction of sp³-hybridized carbons (Fsp3) is 0.0833. The molecule has 1 aliphatic heterocycles. The van der Waals surface area contributed by atoms with Gasteiger partial charge < -0.3 is 9.67 Å². The molecule has 0 aliphatic carbocycles.